The molecule has 0 amide bonds. The van der Waals surface area contributed by atoms with E-state index in [9.17, 15) is 8.42 Å². The third kappa shape index (κ3) is 4.98. The second kappa shape index (κ2) is 8.40. The molecule has 2 aromatic carbocycles. The molecule has 0 spiro atoms. The van der Waals surface area contributed by atoms with E-state index in [1.807, 2.05) is 30.3 Å². The molecule has 1 heterocycles. The number of aryl methyl sites for hydroxylation is 1. The lowest BCUT2D eigenvalue weighted by Gasteiger charge is -2.07. The Morgan fingerprint density at radius 3 is 2.85 bits per heavy atom. The van der Waals surface area contributed by atoms with E-state index in [0.717, 1.165) is 10.9 Å². The first kappa shape index (κ1) is 19.2. The second-order valence-corrected chi connectivity index (χ2v) is 7.91. The summed E-state index contributed by atoms with van der Waals surface area (Å²) in [6.45, 7) is 1.84. The Morgan fingerprint density at radius 2 is 2.00 bits per heavy atom. The molecule has 1 N–H and O–H groups in total. The standard InChI is InChI=1S/C20H17ClN2O3S/c1-15-6-8-17(21)13-20(15)27(24,25)23-11-2-3-12-26-18-9-7-16-5-4-10-22-19(16)14-18/h4-10,13-14,23H,11-12H2,1H3. The normalized spacial score (nSPS) is 11.0. The number of nitrogens with zero attached hydrogens (tertiary/aromatic N) is 1. The van der Waals surface area contributed by atoms with E-state index in [4.69, 9.17) is 16.3 Å². The van der Waals surface area contributed by atoms with Crippen molar-refractivity contribution in [3.05, 3.63) is 65.3 Å². The molecule has 27 heavy (non-hydrogen) atoms. The predicted molar refractivity (Wildman–Crippen MR) is 106 cm³/mol. The van der Waals surface area contributed by atoms with Gasteiger partial charge in [-0.15, -0.1) is 0 Å². The molecule has 5 nitrogen and oxygen atoms in total. The molecule has 3 aromatic rings. The third-order valence-corrected chi connectivity index (χ3v) is 5.58. The summed E-state index contributed by atoms with van der Waals surface area (Å²) in [7, 11) is -3.66. The fourth-order valence-corrected chi connectivity index (χ4v) is 3.87. The molecule has 138 valence electrons. The molecule has 3 rings (SSSR count). The first-order chi connectivity index (χ1) is 13.0. The minimum absolute atomic E-state index is 0.0169. The molecule has 7 heteroatoms. The molecule has 0 bridgehead atoms. The number of rotatable bonds is 5. The number of hydrogen-bond donors (Lipinski definition) is 1. The van der Waals surface area contributed by atoms with Crippen molar-refractivity contribution in [2.75, 3.05) is 13.2 Å². The molecule has 0 radical (unpaired) electrons. The van der Waals surface area contributed by atoms with Crippen LogP contribution < -0.4 is 9.46 Å². The molecular weight excluding hydrogens is 384 g/mol. The highest BCUT2D eigenvalue weighted by Crippen LogP contribution is 2.20. The van der Waals surface area contributed by atoms with Crippen molar-refractivity contribution in [1.82, 2.24) is 9.71 Å². The average Bonchev–Trinajstić information content (AvgIpc) is 2.66. The maximum Gasteiger partial charge on any atom is 0.241 e. The van der Waals surface area contributed by atoms with Crippen LogP contribution in [0.2, 0.25) is 5.02 Å². The van der Waals surface area contributed by atoms with E-state index in [0.29, 0.717) is 16.3 Å². The van der Waals surface area contributed by atoms with Crippen LogP contribution in [0.5, 0.6) is 5.75 Å². The van der Waals surface area contributed by atoms with E-state index in [-0.39, 0.29) is 18.0 Å². The van der Waals surface area contributed by atoms with Gasteiger partial charge in [0.1, 0.15) is 12.4 Å². The van der Waals surface area contributed by atoms with Gasteiger partial charge in [-0.3, -0.25) is 4.98 Å². The van der Waals surface area contributed by atoms with Gasteiger partial charge < -0.3 is 4.74 Å². The number of hydrogen-bond acceptors (Lipinski definition) is 4. The smallest absolute Gasteiger partial charge is 0.241 e. The lowest BCUT2D eigenvalue weighted by Crippen LogP contribution is -2.24. The SMILES string of the molecule is Cc1ccc(Cl)cc1S(=O)(=O)NCC#CCOc1ccc2cccnc2c1. The minimum Gasteiger partial charge on any atom is -0.481 e. The van der Waals surface area contributed by atoms with Gasteiger partial charge >= 0.3 is 0 Å². The van der Waals surface area contributed by atoms with Gasteiger partial charge in [-0.1, -0.05) is 35.6 Å². The Morgan fingerprint density at radius 1 is 1.15 bits per heavy atom. The first-order valence-corrected chi connectivity index (χ1v) is 10.0. The van der Waals surface area contributed by atoms with Crippen LogP contribution in [0.25, 0.3) is 10.9 Å². The van der Waals surface area contributed by atoms with Crippen molar-refractivity contribution in [3.8, 4) is 17.6 Å². The van der Waals surface area contributed by atoms with Crippen LogP contribution in [-0.4, -0.2) is 26.6 Å². The number of pyridine rings is 1. The van der Waals surface area contributed by atoms with Crippen LogP contribution in [0.4, 0.5) is 0 Å². The Kier molecular flexibility index (Phi) is 5.97. The molecule has 0 aliphatic rings. The van der Waals surface area contributed by atoms with Crippen molar-refractivity contribution in [1.29, 1.82) is 0 Å². The van der Waals surface area contributed by atoms with Gasteiger partial charge in [-0.25, -0.2) is 8.42 Å². The Labute approximate surface area is 163 Å². The molecule has 0 saturated carbocycles. The number of ether oxygens (including phenoxy) is 1. The zero-order valence-corrected chi connectivity index (χ0v) is 16.1. The molecular formula is C20H17ClN2O3S. The summed E-state index contributed by atoms with van der Waals surface area (Å²) in [5.41, 5.74) is 1.46. The lowest BCUT2D eigenvalue weighted by atomic mass is 10.2. The fourth-order valence-electron chi connectivity index (χ4n) is 2.44. The van der Waals surface area contributed by atoms with E-state index < -0.39 is 10.0 Å². The van der Waals surface area contributed by atoms with Gasteiger partial charge in [-0.2, -0.15) is 4.72 Å². The first-order valence-electron chi connectivity index (χ1n) is 8.15. The quantitative estimate of drug-likeness (QED) is 0.665. The van der Waals surface area contributed by atoms with Crippen LogP contribution in [0.3, 0.4) is 0 Å². The minimum atomic E-state index is -3.66. The van der Waals surface area contributed by atoms with Crippen molar-refractivity contribution >= 4 is 32.5 Å². The number of aromatic nitrogens is 1. The van der Waals surface area contributed by atoms with E-state index in [2.05, 4.69) is 21.5 Å². The summed E-state index contributed by atoms with van der Waals surface area (Å²) in [5, 5.41) is 1.40. The van der Waals surface area contributed by atoms with E-state index in [1.54, 1.807) is 25.3 Å². The monoisotopic (exact) mass is 400 g/mol. The number of sulfonamides is 1. The fraction of sp³-hybridized carbons (Fsp3) is 0.150. The van der Waals surface area contributed by atoms with E-state index >= 15 is 0 Å². The topological polar surface area (TPSA) is 68.3 Å². The van der Waals surface area contributed by atoms with Crippen LogP contribution in [0.15, 0.2) is 59.6 Å². The van der Waals surface area contributed by atoms with Gasteiger partial charge in [0.15, 0.2) is 0 Å². The van der Waals surface area contributed by atoms with Crippen molar-refractivity contribution in [2.45, 2.75) is 11.8 Å². The van der Waals surface area contributed by atoms with Crippen molar-refractivity contribution in [2.24, 2.45) is 0 Å². The number of nitrogens with one attached hydrogen (secondary N) is 1. The highest BCUT2D eigenvalue weighted by molar-refractivity contribution is 7.89. The number of fused-ring (bicyclic) bond motifs is 1. The highest BCUT2D eigenvalue weighted by atomic mass is 35.5. The summed E-state index contributed by atoms with van der Waals surface area (Å²) >= 11 is 5.88. The van der Waals surface area contributed by atoms with Gasteiger partial charge in [0, 0.05) is 22.7 Å². The summed E-state index contributed by atoms with van der Waals surface area (Å²) in [5.74, 6) is 6.18. The molecule has 1 aromatic heterocycles. The summed E-state index contributed by atoms with van der Waals surface area (Å²) in [6, 6.07) is 14.2. The summed E-state index contributed by atoms with van der Waals surface area (Å²) in [4.78, 5) is 4.42. The molecule has 0 fully saturated rings. The van der Waals surface area contributed by atoms with Crippen LogP contribution in [-0.2, 0) is 10.0 Å². The van der Waals surface area contributed by atoms with Gasteiger partial charge in [0.2, 0.25) is 10.0 Å². The summed E-state index contributed by atoms with van der Waals surface area (Å²) < 4.78 is 32.6. The zero-order valence-electron chi connectivity index (χ0n) is 14.6. The van der Waals surface area contributed by atoms with Gasteiger partial charge in [0.05, 0.1) is 17.0 Å². The maximum absolute atomic E-state index is 12.3. The Bertz CT molecular complexity index is 1130. The van der Waals surface area contributed by atoms with Crippen LogP contribution >= 0.6 is 11.6 Å². The van der Waals surface area contributed by atoms with Gasteiger partial charge in [0.25, 0.3) is 0 Å². The number of benzene rings is 2. The molecule has 0 aliphatic heterocycles. The average molecular weight is 401 g/mol. The Hall–Kier alpha value is -2.59. The predicted octanol–water partition coefficient (Wildman–Crippen LogP) is 3.56. The zero-order chi connectivity index (χ0) is 19.3. The van der Waals surface area contributed by atoms with E-state index in [1.165, 1.54) is 6.07 Å². The third-order valence-electron chi connectivity index (χ3n) is 3.80. The van der Waals surface area contributed by atoms with Crippen molar-refractivity contribution < 1.29 is 13.2 Å². The number of halogens is 1. The highest BCUT2D eigenvalue weighted by Gasteiger charge is 2.16. The Balaban J connectivity index is 1.55. The van der Waals surface area contributed by atoms with Crippen molar-refractivity contribution in [3.63, 3.8) is 0 Å². The van der Waals surface area contributed by atoms with Crippen LogP contribution in [0, 0.1) is 18.8 Å². The molecule has 0 atom stereocenters. The lowest BCUT2D eigenvalue weighted by molar-refractivity contribution is 0.370. The second-order valence-electron chi connectivity index (χ2n) is 5.73. The molecule has 0 unspecified atom stereocenters. The molecule has 0 aliphatic carbocycles. The van der Waals surface area contributed by atoms with Gasteiger partial charge in [-0.05, 0) is 42.8 Å². The largest absolute Gasteiger partial charge is 0.481 e. The molecule has 0 saturated heterocycles. The summed E-state index contributed by atoms with van der Waals surface area (Å²) in [6.07, 6.45) is 1.72. The van der Waals surface area contributed by atoms with Crippen LogP contribution in [0.1, 0.15) is 5.56 Å². The maximum atomic E-state index is 12.3.